The summed E-state index contributed by atoms with van der Waals surface area (Å²) >= 11 is 9.21. The van der Waals surface area contributed by atoms with Gasteiger partial charge in [0.25, 0.3) is 11.7 Å². The first kappa shape index (κ1) is 20.1. The van der Waals surface area contributed by atoms with Gasteiger partial charge in [0.05, 0.1) is 18.0 Å². The van der Waals surface area contributed by atoms with E-state index in [9.17, 15) is 19.5 Å². The van der Waals surface area contributed by atoms with Crippen LogP contribution in [0.4, 0.5) is 0 Å². The number of hydrogen-bond acceptors (Lipinski definition) is 4. The number of Topliss-reactive ketones (excluding diaryl/α,β-unsaturated/α-hetero) is 1. The van der Waals surface area contributed by atoms with Crippen LogP contribution in [0.2, 0.25) is 5.02 Å². The molecule has 0 spiro atoms. The molecule has 6 nitrogen and oxygen atoms in total. The van der Waals surface area contributed by atoms with Crippen molar-refractivity contribution in [2.24, 2.45) is 0 Å². The number of carbonyl (C=O) groups is 3. The Bertz CT molecular complexity index is 969. The number of likely N-dealkylation sites (tertiary alicyclic amines) is 1. The lowest BCUT2D eigenvalue weighted by atomic mass is 9.95. The van der Waals surface area contributed by atoms with Gasteiger partial charge in [-0.05, 0) is 42.0 Å². The minimum absolute atomic E-state index is 0.0833. The Kier molecular flexibility index (Phi) is 5.86. The normalized spacial score (nSPS) is 18.5. The van der Waals surface area contributed by atoms with Gasteiger partial charge in [0.2, 0.25) is 0 Å². The third-order valence-corrected chi connectivity index (χ3v) is 5.19. The average molecular weight is 465 g/mol. The minimum atomic E-state index is -1.09. The highest BCUT2D eigenvalue weighted by Crippen LogP contribution is 2.39. The molecule has 1 atom stereocenters. The topological polar surface area (TPSA) is 94.9 Å². The summed E-state index contributed by atoms with van der Waals surface area (Å²) in [6.45, 7) is -0.155. The van der Waals surface area contributed by atoms with Crippen LogP contribution in [0.15, 0.2) is 58.6 Å². The van der Waals surface area contributed by atoms with Gasteiger partial charge in [0.1, 0.15) is 5.76 Å². The SMILES string of the molecule is O=C(O)CCN1C(=O)C(=O)C(=C(O)c2ccc(Cl)cc2)C1c1ccc(Br)cc1. The number of rotatable bonds is 5. The highest BCUT2D eigenvalue weighted by atomic mass is 79.9. The van der Waals surface area contributed by atoms with Crippen LogP contribution < -0.4 is 0 Å². The third-order valence-electron chi connectivity index (χ3n) is 4.41. The summed E-state index contributed by atoms with van der Waals surface area (Å²) in [4.78, 5) is 37.5. The fourth-order valence-electron chi connectivity index (χ4n) is 3.08. The zero-order chi connectivity index (χ0) is 20.4. The number of hydrogen-bond donors (Lipinski definition) is 2. The van der Waals surface area contributed by atoms with Crippen molar-refractivity contribution in [2.75, 3.05) is 6.54 Å². The van der Waals surface area contributed by atoms with Gasteiger partial charge in [-0.25, -0.2) is 0 Å². The van der Waals surface area contributed by atoms with Gasteiger partial charge in [0, 0.05) is 21.6 Å². The number of aliphatic carboxylic acids is 1. The highest BCUT2D eigenvalue weighted by Gasteiger charge is 2.46. The number of amides is 1. The van der Waals surface area contributed by atoms with Crippen LogP contribution in [0.3, 0.4) is 0 Å². The first-order chi connectivity index (χ1) is 13.3. The zero-order valence-corrected chi connectivity index (χ0v) is 16.8. The molecule has 0 saturated carbocycles. The van der Waals surface area contributed by atoms with Crippen molar-refractivity contribution in [2.45, 2.75) is 12.5 Å². The standard InChI is InChI=1S/C20H15BrClNO5/c21-13-5-1-11(2-6-13)17-16(18(26)12-3-7-14(22)8-4-12)19(27)20(28)23(17)10-9-15(24)25/h1-8,17,26H,9-10H2,(H,24,25). The second kappa shape index (κ2) is 8.16. The Morgan fingerprint density at radius 3 is 2.21 bits per heavy atom. The molecule has 2 aromatic carbocycles. The van der Waals surface area contributed by atoms with E-state index >= 15 is 0 Å². The monoisotopic (exact) mass is 463 g/mol. The van der Waals surface area contributed by atoms with Gasteiger partial charge in [-0.3, -0.25) is 14.4 Å². The number of carboxylic acid groups (broad SMARTS) is 1. The van der Waals surface area contributed by atoms with Gasteiger partial charge >= 0.3 is 5.97 Å². The first-order valence-corrected chi connectivity index (χ1v) is 9.48. The molecule has 1 saturated heterocycles. The fraction of sp³-hybridized carbons (Fsp3) is 0.150. The molecular formula is C20H15BrClNO5. The maximum atomic E-state index is 12.7. The number of halogens is 2. The molecule has 1 heterocycles. The molecule has 1 aliphatic rings. The van der Waals surface area contributed by atoms with E-state index < -0.39 is 23.7 Å². The van der Waals surface area contributed by atoms with Crippen LogP contribution >= 0.6 is 27.5 Å². The molecule has 0 aliphatic carbocycles. The maximum Gasteiger partial charge on any atom is 0.305 e. The number of carbonyl (C=O) groups excluding carboxylic acids is 2. The minimum Gasteiger partial charge on any atom is -0.507 e. The highest BCUT2D eigenvalue weighted by molar-refractivity contribution is 9.10. The number of aliphatic hydroxyl groups excluding tert-OH is 1. The molecule has 8 heteroatoms. The van der Waals surface area contributed by atoms with E-state index in [2.05, 4.69) is 15.9 Å². The Morgan fingerprint density at radius 2 is 1.64 bits per heavy atom. The number of aliphatic hydroxyl groups is 1. The molecule has 1 aliphatic heterocycles. The van der Waals surface area contributed by atoms with Gasteiger partial charge in [-0.15, -0.1) is 0 Å². The molecule has 1 unspecified atom stereocenters. The summed E-state index contributed by atoms with van der Waals surface area (Å²) in [5, 5.41) is 20.2. The maximum absolute atomic E-state index is 12.7. The Hall–Kier alpha value is -2.64. The van der Waals surface area contributed by atoms with Gasteiger partial charge < -0.3 is 15.1 Å². The smallest absolute Gasteiger partial charge is 0.305 e. The van der Waals surface area contributed by atoms with E-state index in [1.165, 1.54) is 4.90 Å². The first-order valence-electron chi connectivity index (χ1n) is 8.31. The average Bonchev–Trinajstić information content (AvgIpc) is 2.91. The van der Waals surface area contributed by atoms with Gasteiger partial charge in [0.15, 0.2) is 0 Å². The van der Waals surface area contributed by atoms with Crippen LogP contribution in [0.25, 0.3) is 5.76 Å². The Balaban J connectivity index is 2.14. The van der Waals surface area contributed by atoms with E-state index in [4.69, 9.17) is 16.7 Å². The van der Waals surface area contributed by atoms with Crippen molar-refractivity contribution >= 4 is 50.9 Å². The summed E-state index contributed by atoms with van der Waals surface area (Å²) in [6, 6.07) is 12.2. The lowest BCUT2D eigenvalue weighted by Gasteiger charge is -2.24. The summed E-state index contributed by atoms with van der Waals surface area (Å²) in [7, 11) is 0. The molecule has 2 N–H and O–H groups in total. The predicted molar refractivity (Wildman–Crippen MR) is 107 cm³/mol. The van der Waals surface area contributed by atoms with E-state index in [1.54, 1.807) is 48.5 Å². The Labute approximate surface area is 174 Å². The zero-order valence-electron chi connectivity index (χ0n) is 14.4. The largest absolute Gasteiger partial charge is 0.507 e. The van der Waals surface area contributed by atoms with Crippen LogP contribution in [-0.4, -0.2) is 39.3 Å². The van der Waals surface area contributed by atoms with E-state index in [-0.39, 0.29) is 24.3 Å². The molecule has 3 rings (SSSR count). The molecular weight excluding hydrogens is 450 g/mol. The van der Waals surface area contributed by atoms with Gasteiger partial charge in [-0.2, -0.15) is 0 Å². The predicted octanol–water partition coefficient (Wildman–Crippen LogP) is 4.00. The number of benzene rings is 2. The summed E-state index contributed by atoms with van der Waals surface area (Å²) in [5.41, 5.74) is 0.839. The van der Waals surface area contributed by atoms with Crippen molar-refractivity contribution in [3.63, 3.8) is 0 Å². The molecule has 144 valence electrons. The van der Waals surface area contributed by atoms with Crippen molar-refractivity contribution in [3.05, 3.63) is 74.7 Å². The number of ketones is 1. The second-order valence-corrected chi connectivity index (χ2v) is 7.55. The van der Waals surface area contributed by atoms with Crippen LogP contribution in [0, 0.1) is 0 Å². The second-order valence-electron chi connectivity index (χ2n) is 6.19. The quantitative estimate of drug-likeness (QED) is 0.396. The number of nitrogens with zero attached hydrogens (tertiary/aromatic N) is 1. The van der Waals surface area contributed by atoms with Crippen molar-refractivity contribution in [1.29, 1.82) is 0 Å². The van der Waals surface area contributed by atoms with Crippen molar-refractivity contribution in [1.82, 2.24) is 4.90 Å². The van der Waals surface area contributed by atoms with E-state index in [0.717, 1.165) is 4.47 Å². The molecule has 0 radical (unpaired) electrons. The summed E-state index contributed by atoms with van der Waals surface area (Å²) in [5.74, 6) is -3.12. The van der Waals surface area contributed by atoms with Crippen molar-refractivity contribution < 1.29 is 24.6 Å². The van der Waals surface area contributed by atoms with Crippen molar-refractivity contribution in [3.8, 4) is 0 Å². The van der Waals surface area contributed by atoms with Crippen LogP contribution in [0.1, 0.15) is 23.6 Å². The fourth-order valence-corrected chi connectivity index (χ4v) is 3.47. The summed E-state index contributed by atoms with van der Waals surface area (Å²) < 4.78 is 0.802. The molecule has 1 amide bonds. The third kappa shape index (κ3) is 3.95. The molecule has 1 fully saturated rings. The number of carboxylic acids is 1. The molecule has 0 aromatic heterocycles. The van der Waals surface area contributed by atoms with Crippen LogP contribution in [-0.2, 0) is 14.4 Å². The summed E-state index contributed by atoms with van der Waals surface area (Å²) in [6.07, 6.45) is -0.318. The molecule has 28 heavy (non-hydrogen) atoms. The molecule has 0 bridgehead atoms. The Morgan fingerprint density at radius 1 is 1.04 bits per heavy atom. The molecule has 2 aromatic rings. The van der Waals surface area contributed by atoms with E-state index in [0.29, 0.717) is 16.1 Å². The van der Waals surface area contributed by atoms with Crippen LogP contribution in [0.5, 0.6) is 0 Å². The van der Waals surface area contributed by atoms with E-state index in [1.807, 2.05) is 0 Å². The lowest BCUT2D eigenvalue weighted by molar-refractivity contribution is -0.142. The lowest BCUT2D eigenvalue weighted by Crippen LogP contribution is -2.31. The van der Waals surface area contributed by atoms with Gasteiger partial charge in [-0.1, -0.05) is 39.7 Å².